The van der Waals surface area contributed by atoms with Gasteiger partial charge >= 0.3 is 35.5 Å². The van der Waals surface area contributed by atoms with Crippen LogP contribution >= 0.6 is 0 Å². The van der Waals surface area contributed by atoms with Crippen molar-refractivity contribution in [3.8, 4) is 0 Å². The molecule has 0 unspecified atom stereocenters. The topological polar surface area (TPSA) is 113 Å². The summed E-state index contributed by atoms with van der Waals surface area (Å²) < 4.78 is 4.63. The normalized spacial score (nSPS) is 7.92. The fourth-order valence-corrected chi connectivity index (χ4v) is 0.231. The SMILES string of the molecule is NCC(=O)O.OCCOCCO.[H-].[Na+]. The third kappa shape index (κ3) is 32.9. The standard InChI is InChI=1S/C4H10O3.C2H5NO2.Na.H/c5-1-3-7-4-2-6;3-1-2(4)5;;/h5-6H,1-4H2;1,3H2,(H,4,5);;/q;;+1;-1. The van der Waals surface area contributed by atoms with Gasteiger partial charge in [0, 0.05) is 0 Å². The van der Waals surface area contributed by atoms with E-state index in [1.807, 2.05) is 0 Å². The molecule has 76 valence electrons. The predicted molar refractivity (Wildman–Crippen MR) is 42.8 cm³/mol. The number of hydrogen-bond donors (Lipinski definition) is 4. The maximum absolute atomic E-state index is 9.24. The minimum Gasteiger partial charge on any atom is -1.00 e. The van der Waals surface area contributed by atoms with Gasteiger partial charge in [0.25, 0.3) is 0 Å². The Kier molecular flexibility index (Phi) is 26.5. The summed E-state index contributed by atoms with van der Waals surface area (Å²) in [5.74, 6) is -0.968. The van der Waals surface area contributed by atoms with Gasteiger partial charge in [-0.25, -0.2) is 0 Å². The van der Waals surface area contributed by atoms with Crippen LogP contribution in [0.25, 0.3) is 0 Å². The molecular weight excluding hydrogens is 189 g/mol. The molecule has 0 saturated heterocycles. The largest absolute Gasteiger partial charge is 1.00 e. The number of carboxylic acids is 1. The minimum absolute atomic E-state index is 0. The molecule has 0 fully saturated rings. The van der Waals surface area contributed by atoms with E-state index in [4.69, 9.17) is 15.3 Å². The van der Waals surface area contributed by atoms with Gasteiger partial charge < -0.3 is 27.2 Å². The average molecular weight is 205 g/mol. The third-order valence-electron chi connectivity index (χ3n) is 0.646. The Bertz CT molecular complexity index is 104. The number of rotatable bonds is 5. The number of aliphatic carboxylic acids is 1. The Morgan fingerprint density at radius 2 is 1.62 bits per heavy atom. The van der Waals surface area contributed by atoms with Crippen molar-refractivity contribution in [3.63, 3.8) is 0 Å². The molecule has 6 nitrogen and oxygen atoms in total. The van der Waals surface area contributed by atoms with E-state index in [9.17, 15) is 4.79 Å². The van der Waals surface area contributed by atoms with E-state index in [-0.39, 0.29) is 50.7 Å². The van der Waals surface area contributed by atoms with Crippen LogP contribution in [0.2, 0.25) is 0 Å². The van der Waals surface area contributed by atoms with Crippen LogP contribution in [-0.2, 0) is 9.53 Å². The zero-order chi connectivity index (χ0) is 9.82. The number of hydrogen-bond acceptors (Lipinski definition) is 5. The predicted octanol–water partition coefficient (Wildman–Crippen LogP) is -4.87. The number of ether oxygens (including phenoxy) is 1. The summed E-state index contributed by atoms with van der Waals surface area (Å²) in [5, 5.41) is 23.8. The van der Waals surface area contributed by atoms with Gasteiger partial charge in [0.15, 0.2) is 0 Å². The van der Waals surface area contributed by atoms with Crippen molar-refractivity contribution in [1.29, 1.82) is 0 Å². The molecule has 13 heavy (non-hydrogen) atoms. The molecule has 0 aromatic heterocycles. The van der Waals surface area contributed by atoms with E-state index in [0.29, 0.717) is 13.2 Å². The summed E-state index contributed by atoms with van der Waals surface area (Å²) in [6.07, 6.45) is 0. The van der Waals surface area contributed by atoms with Crippen molar-refractivity contribution in [1.82, 2.24) is 0 Å². The first-order chi connectivity index (χ1) is 5.68. The molecule has 0 amide bonds. The molecule has 0 aliphatic rings. The maximum Gasteiger partial charge on any atom is 1.00 e. The van der Waals surface area contributed by atoms with Crippen LogP contribution in [0, 0.1) is 0 Å². The van der Waals surface area contributed by atoms with Crippen molar-refractivity contribution < 1.29 is 55.8 Å². The van der Waals surface area contributed by atoms with E-state index in [1.165, 1.54) is 0 Å². The van der Waals surface area contributed by atoms with E-state index < -0.39 is 5.97 Å². The Balaban J connectivity index is -0.0000000651. The molecule has 7 heteroatoms. The third-order valence-corrected chi connectivity index (χ3v) is 0.646. The first-order valence-electron chi connectivity index (χ1n) is 3.40. The van der Waals surface area contributed by atoms with Crippen LogP contribution < -0.4 is 35.3 Å². The minimum atomic E-state index is -0.968. The molecule has 0 spiro atoms. The van der Waals surface area contributed by atoms with Crippen LogP contribution in [0.5, 0.6) is 0 Å². The Morgan fingerprint density at radius 1 is 1.31 bits per heavy atom. The van der Waals surface area contributed by atoms with Gasteiger partial charge in [0.2, 0.25) is 0 Å². The van der Waals surface area contributed by atoms with Gasteiger partial charge in [-0.3, -0.25) is 4.79 Å². The van der Waals surface area contributed by atoms with Crippen molar-refractivity contribution in [2.75, 3.05) is 33.0 Å². The van der Waals surface area contributed by atoms with E-state index in [1.54, 1.807) is 0 Å². The number of aliphatic hydroxyl groups excluding tert-OH is 2. The molecule has 0 aromatic rings. The van der Waals surface area contributed by atoms with Gasteiger partial charge in [-0.2, -0.15) is 0 Å². The molecule has 0 bridgehead atoms. The van der Waals surface area contributed by atoms with Crippen LogP contribution in [-0.4, -0.2) is 54.3 Å². The molecule has 0 radical (unpaired) electrons. The summed E-state index contributed by atoms with van der Waals surface area (Å²) in [6, 6.07) is 0. The first kappa shape index (κ1) is 19.0. The van der Waals surface area contributed by atoms with Crippen molar-refractivity contribution in [2.24, 2.45) is 5.73 Å². The quantitative estimate of drug-likeness (QED) is 0.264. The second kappa shape index (κ2) is 18.2. The summed E-state index contributed by atoms with van der Waals surface area (Å²) in [5.41, 5.74) is 4.57. The summed E-state index contributed by atoms with van der Waals surface area (Å²) in [7, 11) is 0. The fourth-order valence-electron chi connectivity index (χ4n) is 0.231. The average Bonchev–Trinajstić information content (AvgIpc) is 2.07. The molecule has 0 saturated carbocycles. The van der Waals surface area contributed by atoms with E-state index >= 15 is 0 Å². The van der Waals surface area contributed by atoms with Crippen LogP contribution in [0.4, 0.5) is 0 Å². The maximum atomic E-state index is 9.24. The monoisotopic (exact) mass is 205 g/mol. The molecule has 0 aromatic carbocycles. The fraction of sp³-hybridized carbons (Fsp3) is 0.833. The van der Waals surface area contributed by atoms with Crippen molar-refractivity contribution >= 4 is 5.97 Å². The molecule has 0 heterocycles. The molecular formula is C6H16NNaO5. The number of carbonyl (C=O) groups is 1. The van der Waals surface area contributed by atoms with Gasteiger partial charge in [-0.05, 0) is 0 Å². The van der Waals surface area contributed by atoms with Gasteiger partial charge in [-0.1, -0.05) is 0 Å². The molecule has 5 N–H and O–H groups in total. The summed E-state index contributed by atoms with van der Waals surface area (Å²) >= 11 is 0. The summed E-state index contributed by atoms with van der Waals surface area (Å²) in [4.78, 5) is 9.24. The van der Waals surface area contributed by atoms with Gasteiger partial charge in [-0.15, -0.1) is 0 Å². The molecule has 0 aliphatic heterocycles. The number of nitrogens with two attached hydrogens (primary N) is 1. The van der Waals surface area contributed by atoms with Crippen molar-refractivity contribution in [3.05, 3.63) is 0 Å². The zero-order valence-corrected chi connectivity index (χ0v) is 9.77. The first-order valence-corrected chi connectivity index (χ1v) is 3.40. The second-order valence-corrected chi connectivity index (χ2v) is 1.66. The second-order valence-electron chi connectivity index (χ2n) is 1.66. The Morgan fingerprint density at radius 3 is 1.77 bits per heavy atom. The Labute approximate surface area is 100 Å². The van der Waals surface area contributed by atoms with E-state index in [2.05, 4.69) is 10.5 Å². The number of aliphatic hydroxyl groups is 2. The van der Waals surface area contributed by atoms with Crippen LogP contribution in [0.15, 0.2) is 0 Å². The van der Waals surface area contributed by atoms with Gasteiger partial charge in [0.05, 0.1) is 33.0 Å². The molecule has 0 aliphatic carbocycles. The Hall–Kier alpha value is 0.310. The zero-order valence-electron chi connectivity index (χ0n) is 8.77. The molecule has 0 atom stereocenters. The van der Waals surface area contributed by atoms with Crippen molar-refractivity contribution in [2.45, 2.75) is 0 Å². The van der Waals surface area contributed by atoms with Gasteiger partial charge in [0.1, 0.15) is 0 Å². The summed E-state index contributed by atoms with van der Waals surface area (Å²) in [6.45, 7) is 0.418. The van der Waals surface area contributed by atoms with Crippen LogP contribution in [0.1, 0.15) is 1.43 Å². The number of carboxylic acid groups (broad SMARTS) is 1. The molecule has 0 rings (SSSR count). The smallest absolute Gasteiger partial charge is 1.00 e. The van der Waals surface area contributed by atoms with Crippen LogP contribution in [0.3, 0.4) is 0 Å². The van der Waals surface area contributed by atoms with E-state index in [0.717, 1.165) is 0 Å².